The molecule has 0 bridgehead atoms. The lowest BCUT2D eigenvalue weighted by Crippen LogP contribution is -2.44. The first kappa shape index (κ1) is 71.2. The van der Waals surface area contributed by atoms with Crippen molar-refractivity contribution in [1.29, 1.82) is 0 Å². The first-order valence-corrected chi connectivity index (χ1v) is 37.2. The van der Waals surface area contributed by atoms with E-state index in [0.717, 1.165) is 155 Å². The topological polar surface area (TPSA) is 300 Å². The van der Waals surface area contributed by atoms with E-state index in [1.54, 1.807) is 41.6 Å². The number of aliphatic hydroxyl groups is 2. The summed E-state index contributed by atoms with van der Waals surface area (Å²) in [5, 5.41) is 40.0. The Bertz CT molecular complexity index is 5470. The fourth-order valence-electron chi connectivity index (χ4n) is 15.8. The van der Waals surface area contributed by atoms with Crippen LogP contribution in [0.2, 0.25) is 0 Å². The van der Waals surface area contributed by atoms with E-state index in [0.29, 0.717) is 81.9 Å². The lowest BCUT2D eigenvalue weighted by molar-refractivity contribution is 0.0110. The minimum Gasteiger partial charge on any atom is -0.490 e. The molecule has 17 heterocycles. The minimum atomic E-state index is -0.699. The Morgan fingerprint density at radius 2 is 1.15 bits per heavy atom. The largest absolute Gasteiger partial charge is 0.490 e. The molecule has 3 saturated heterocycles. The molecule has 11 aromatic heterocycles. The van der Waals surface area contributed by atoms with E-state index in [2.05, 4.69) is 96.4 Å². The number of aromatic nitrogens is 11. The second kappa shape index (κ2) is 29.2. The Balaban J connectivity index is 0.000000124. The normalized spacial score (nSPS) is 16.7. The van der Waals surface area contributed by atoms with Gasteiger partial charge in [-0.05, 0) is 143 Å². The average molecular weight is 1470 g/mol. The zero-order chi connectivity index (χ0) is 75.4. The highest BCUT2D eigenvalue weighted by molar-refractivity contribution is 6.08. The third-order valence-electron chi connectivity index (χ3n) is 22.5. The number of aryl methyl sites for hydroxylation is 2. The highest BCUT2D eigenvalue weighted by Gasteiger charge is 2.35. The lowest BCUT2D eigenvalue weighted by Gasteiger charge is -2.39. The fourth-order valence-corrected chi connectivity index (χ4v) is 15.8. The number of ether oxygens (including phenoxy) is 1. The second-order valence-corrected chi connectivity index (χ2v) is 29.8. The molecule has 8 N–H and O–H groups in total. The number of halogens is 1. The standard InChI is InChI=1S/C28H31N7O2.C28H31N7O.C26H25FN6O3/c1-17-6-4-11-35-22(15-31-26(17)35)25-20-13-32-27(36)24(20)21(14-30-25)33-23-9-8-19(12-29-23)34-10-5-7-18(16-34)28(2,3)37;1-4-28(2)9-13-35(14-10-28)18-5-6-23(30-15-18)33-22-17-31-25(21-16-32-27(36)24(21)22)19-7-11-29-26-20(19)8-12-34(26)3;1-36-24-19(27)8-11-33-21(14-29-25(24)33)17-3-4-20(23-18(17)13-30-26(23)35)31-22-5-2-15(12-28-22)32-9-6-16(34)7-10-32/h4,6,8-9,11-12,14-15,18,37H,5,7,10,13,16H2,1-3H3,(H,29,33)(H,32,36);5-8,11-12,15,17H,4,9-10,13-14,16H2,1-3H3,(H,30,33)(H,32,36);2-5,8,11-12,14,16,34H,6-7,9-10,13H2,1H3,(H,28,31)(H,30,35)/t18-;;/m0../s1. The summed E-state index contributed by atoms with van der Waals surface area (Å²) in [6.07, 6.45) is 26.8. The van der Waals surface area contributed by atoms with Gasteiger partial charge in [-0.2, -0.15) is 0 Å². The number of aliphatic hydroxyl groups excluding tert-OH is 1. The van der Waals surface area contributed by atoms with Crippen molar-refractivity contribution in [1.82, 2.24) is 69.2 Å². The summed E-state index contributed by atoms with van der Waals surface area (Å²) >= 11 is 0. The molecular formula is C82H87FN20O6. The summed E-state index contributed by atoms with van der Waals surface area (Å²) in [5.41, 5.74) is 17.3. The predicted molar refractivity (Wildman–Crippen MR) is 419 cm³/mol. The maximum Gasteiger partial charge on any atom is 0.254 e. The highest BCUT2D eigenvalue weighted by atomic mass is 19.1. The molecule has 0 spiro atoms. The highest BCUT2D eigenvalue weighted by Crippen LogP contribution is 2.42. The van der Waals surface area contributed by atoms with Crippen LogP contribution in [0.1, 0.15) is 126 Å². The summed E-state index contributed by atoms with van der Waals surface area (Å²) in [6.45, 7) is 17.2. The summed E-state index contributed by atoms with van der Waals surface area (Å²) in [4.78, 5) is 82.2. The Kier molecular flexibility index (Phi) is 19.1. The number of anilines is 9. The van der Waals surface area contributed by atoms with Crippen molar-refractivity contribution in [3.05, 3.63) is 192 Å². The van der Waals surface area contributed by atoms with Gasteiger partial charge in [0.25, 0.3) is 17.7 Å². The van der Waals surface area contributed by atoms with Crippen LogP contribution in [0.25, 0.3) is 56.2 Å². The van der Waals surface area contributed by atoms with Crippen LogP contribution in [0.4, 0.5) is 56.0 Å². The van der Waals surface area contributed by atoms with Gasteiger partial charge in [-0.1, -0.05) is 32.4 Å². The van der Waals surface area contributed by atoms with E-state index in [1.807, 2.05) is 135 Å². The number of benzene rings is 1. The van der Waals surface area contributed by atoms with Crippen LogP contribution in [0.3, 0.4) is 0 Å². The van der Waals surface area contributed by atoms with Gasteiger partial charge in [-0.15, -0.1) is 0 Å². The molecule has 6 aliphatic rings. The number of amides is 3. The zero-order valence-corrected chi connectivity index (χ0v) is 62.0. The van der Waals surface area contributed by atoms with Gasteiger partial charge in [0.15, 0.2) is 17.2 Å². The predicted octanol–water partition coefficient (Wildman–Crippen LogP) is 12.6. The van der Waals surface area contributed by atoms with Crippen LogP contribution < -0.4 is 51.3 Å². The number of nitrogens with one attached hydrogen (secondary N) is 6. The number of hydrogen-bond acceptors (Lipinski definition) is 20. The minimum absolute atomic E-state index is 0.0723. The Labute approximate surface area is 629 Å². The molecular weight excluding hydrogens is 1380 g/mol. The van der Waals surface area contributed by atoms with Gasteiger partial charge < -0.3 is 66.1 Å². The van der Waals surface area contributed by atoms with Crippen molar-refractivity contribution in [3.63, 3.8) is 0 Å². The Morgan fingerprint density at radius 3 is 1.76 bits per heavy atom. The van der Waals surface area contributed by atoms with Crippen molar-refractivity contribution in [3.8, 4) is 39.7 Å². The number of hydrogen-bond donors (Lipinski definition) is 8. The zero-order valence-electron chi connectivity index (χ0n) is 62.0. The molecule has 0 aliphatic carbocycles. The molecule has 558 valence electrons. The van der Waals surface area contributed by atoms with Crippen LogP contribution in [0.5, 0.6) is 5.75 Å². The molecule has 109 heavy (non-hydrogen) atoms. The van der Waals surface area contributed by atoms with Gasteiger partial charge in [0, 0.05) is 124 Å². The van der Waals surface area contributed by atoms with Gasteiger partial charge in [0.2, 0.25) is 0 Å². The Morgan fingerprint density at radius 1 is 0.578 bits per heavy atom. The van der Waals surface area contributed by atoms with Gasteiger partial charge in [-0.3, -0.25) is 33.2 Å². The first-order chi connectivity index (χ1) is 52.8. The van der Waals surface area contributed by atoms with Crippen LogP contribution in [-0.4, -0.2) is 139 Å². The number of pyridine rings is 8. The number of imidazole rings is 2. The molecule has 0 saturated carbocycles. The molecule has 18 rings (SSSR count). The molecule has 0 radical (unpaired) electrons. The van der Waals surface area contributed by atoms with Gasteiger partial charge >= 0.3 is 0 Å². The summed E-state index contributed by atoms with van der Waals surface area (Å²) in [6, 6.07) is 25.0. The molecule has 26 nitrogen and oxygen atoms in total. The summed E-state index contributed by atoms with van der Waals surface area (Å²) in [7, 11) is 3.38. The second-order valence-electron chi connectivity index (χ2n) is 29.8. The third kappa shape index (κ3) is 13.9. The quantitative estimate of drug-likeness (QED) is 0.0473. The average Bonchev–Trinajstić information content (AvgIpc) is 1.73. The number of piperidine rings is 3. The molecule has 27 heteroatoms. The lowest BCUT2D eigenvalue weighted by atomic mass is 9.78. The Hall–Kier alpha value is -12.1. The fraction of sp³-hybridized carbons (Fsp3) is 0.329. The van der Waals surface area contributed by atoms with Crippen LogP contribution in [-0.2, 0) is 26.7 Å². The monoisotopic (exact) mass is 1470 g/mol. The van der Waals surface area contributed by atoms with Crippen molar-refractivity contribution in [2.75, 3.05) is 77.0 Å². The van der Waals surface area contributed by atoms with Crippen molar-refractivity contribution in [2.24, 2.45) is 18.4 Å². The first-order valence-electron chi connectivity index (χ1n) is 37.2. The SMILES string of the molecule is CCC1(C)CCN(c2ccc(Nc3cnc(-c4ccnc5c4ccn5C)c4c3C(=O)NC4)nc2)CC1.COc1c(F)ccn2c(-c3ccc(Nc4ccc(N5CCC(O)CC5)cn4)c4c3CNC4=O)cnc12.Cc1cccn2c(-c3ncc(Nc4ccc(N5CCC[C@H](C(C)(C)O)C5)cn4)c4c3CNC4=O)cnc12. The maximum absolute atomic E-state index is 14.1. The summed E-state index contributed by atoms with van der Waals surface area (Å²) < 4.78 is 25.1. The van der Waals surface area contributed by atoms with Crippen molar-refractivity contribution < 1.29 is 33.7 Å². The van der Waals surface area contributed by atoms with E-state index in [9.17, 15) is 29.0 Å². The molecule has 3 fully saturated rings. The number of methoxy groups -OCH3 is 1. The number of rotatable bonds is 15. The van der Waals surface area contributed by atoms with E-state index in [-0.39, 0.29) is 35.5 Å². The summed E-state index contributed by atoms with van der Waals surface area (Å²) in [5.74, 6) is 1.37. The molecule has 0 unspecified atom stereocenters. The molecule has 3 amide bonds. The van der Waals surface area contributed by atoms with Crippen LogP contribution >= 0.6 is 0 Å². The van der Waals surface area contributed by atoms with E-state index < -0.39 is 11.4 Å². The number of carbonyl (C=O) groups is 3. The van der Waals surface area contributed by atoms with Gasteiger partial charge in [0.1, 0.15) is 28.7 Å². The van der Waals surface area contributed by atoms with Gasteiger partial charge in [-0.25, -0.2) is 34.3 Å². The number of nitrogens with zero attached hydrogens (tertiary/aromatic N) is 14. The molecule has 6 aliphatic heterocycles. The number of carbonyl (C=O) groups excluding carboxylic acids is 3. The van der Waals surface area contributed by atoms with Crippen molar-refractivity contribution >= 4 is 91.6 Å². The van der Waals surface area contributed by atoms with E-state index in [4.69, 9.17) is 14.7 Å². The van der Waals surface area contributed by atoms with E-state index >= 15 is 0 Å². The molecule has 1 atom stereocenters. The third-order valence-corrected chi connectivity index (χ3v) is 22.5. The van der Waals surface area contributed by atoms with Crippen molar-refractivity contribution in [2.45, 2.75) is 111 Å². The van der Waals surface area contributed by atoms with E-state index in [1.165, 1.54) is 32.4 Å². The smallest absolute Gasteiger partial charge is 0.254 e. The van der Waals surface area contributed by atoms with Gasteiger partial charge in [0.05, 0.1) is 136 Å². The van der Waals surface area contributed by atoms with Crippen LogP contribution in [0.15, 0.2) is 147 Å². The molecule has 1 aromatic carbocycles. The maximum atomic E-state index is 14.1. The number of fused-ring (bicyclic) bond motifs is 6. The van der Waals surface area contributed by atoms with Crippen LogP contribution in [0, 0.1) is 24.1 Å². The molecule has 12 aromatic rings.